The van der Waals surface area contributed by atoms with E-state index < -0.39 is 0 Å². The lowest BCUT2D eigenvalue weighted by molar-refractivity contribution is 1.21. The number of rotatable bonds is 0. The van der Waals surface area contributed by atoms with E-state index in [1.54, 1.807) is 19.3 Å². The summed E-state index contributed by atoms with van der Waals surface area (Å²) in [4.78, 5) is 17.8. The van der Waals surface area contributed by atoms with E-state index in [-0.39, 0.29) is 5.56 Å². The van der Waals surface area contributed by atoms with Crippen LogP contribution in [0.4, 0.5) is 0 Å². The average molecular weight is 190 g/mol. The number of nitrogens with zero attached hydrogens (tertiary/aromatic N) is 1. The van der Waals surface area contributed by atoms with Crippen molar-refractivity contribution in [1.82, 2.24) is 9.97 Å². The summed E-state index contributed by atoms with van der Waals surface area (Å²) in [5.74, 6) is 0. The van der Waals surface area contributed by atoms with Crippen LogP contribution in [0.2, 0.25) is 0 Å². The highest BCUT2D eigenvalue weighted by atomic mass is 16.1. The fraction of sp³-hybridized carbons (Fsp3) is 0.273. The van der Waals surface area contributed by atoms with Crippen molar-refractivity contribution in [3.05, 3.63) is 40.4 Å². The van der Waals surface area contributed by atoms with Crippen LogP contribution in [0.15, 0.2) is 29.3 Å². The number of fused-ring (bicyclic) bond motifs is 1. The Morgan fingerprint density at radius 1 is 1.36 bits per heavy atom. The molecule has 3 nitrogen and oxygen atoms in total. The highest BCUT2D eigenvalue weighted by Gasteiger charge is 1.96. The molecule has 0 aliphatic carbocycles. The summed E-state index contributed by atoms with van der Waals surface area (Å²) in [5, 5.41) is 1.02. The number of aryl methyl sites for hydroxylation is 1. The van der Waals surface area contributed by atoms with Gasteiger partial charge in [-0.25, -0.2) is 0 Å². The Hall–Kier alpha value is -1.64. The van der Waals surface area contributed by atoms with E-state index in [1.165, 1.54) is 0 Å². The van der Waals surface area contributed by atoms with Gasteiger partial charge in [0.2, 0.25) is 0 Å². The van der Waals surface area contributed by atoms with Crippen LogP contribution in [0.25, 0.3) is 10.9 Å². The molecule has 0 saturated heterocycles. The first-order chi connectivity index (χ1) is 6.77. The van der Waals surface area contributed by atoms with Crippen LogP contribution in [-0.2, 0) is 0 Å². The van der Waals surface area contributed by atoms with E-state index in [4.69, 9.17) is 0 Å². The van der Waals surface area contributed by atoms with Crippen molar-refractivity contribution >= 4 is 10.9 Å². The zero-order valence-corrected chi connectivity index (χ0v) is 8.66. The number of H-pyrrole nitrogens is 1. The fourth-order valence-electron chi connectivity index (χ4n) is 1.16. The Balaban J connectivity index is 0.000000461. The quantitative estimate of drug-likeness (QED) is 0.692. The van der Waals surface area contributed by atoms with E-state index in [0.717, 1.165) is 16.5 Å². The molecule has 2 aromatic heterocycles. The van der Waals surface area contributed by atoms with Gasteiger partial charge < -0.3 is 4.98 Å². The number of aromatic nitrogens is 2. The predicted molar refractivity (Wildman–Crippen MR) is 58.4 cm³/mol. The largest absolute Gasteiger partial charge is 0.320 e. The highest BCUT2D eigenvalue weighted by molar-refractivity contribution is 5.77. The van der Waals surface area contributed by atoms with E-state index in [9.17, 15) is 4.79 Å². The summed E-state index contributed by atoms with van der Waals surface area (Å²) in [6, 6.07) is 3.73. The summed E-state index contributed by atoms with van der Waals surface area (Å²) in [7, 11) is 0. The third kappa shape index (κ3) is 1.99. The number of hydrogen-bond donors (Lipinski definition) is 1. The second-order valence-corrected chi connectivity index (χ2v) is 2.74. The molecule has 2 aromatic rings. The molecule has 0 unspecified atom stereocenters. The predicted octanol–water partition coefficient (Wildman–Crippen LogP) is 2.26. The fourth-order valence-corrected chi connectivity index (χ4v) is 1.16. The minimum atomic E-state index is -0.0458. The molecule has 3 heteroatoms. The van der Waals surface area contributed by atoms with Crippen LogP contribution >= 0.6 is 0 Å². The van der Waals surface area contributed by atoms with Gasteiger partial charge in [0.15, 0.2) is 0 Å². The van der Waals surface area contributed by atoms with Gasteiger partial charge in [0.25, 0.3) is 5.56 Å². The van der Waals surface area contributed by atoms with Gasteiger partial charge in [-0.3, -0.25) is 9.78 Å². The molecule has 0 bridgehead atoms. The minimum Gasteiger partial charge on any atom is -0.320 e. The normalized spacial score (nSPS) is 9.36. The van der Waals surface area contributed by atoms with Crippen molar-refractivity contribution in [2.24, 2.45) is 0 Å². The van der Waals surface area contributed by atoms with Gasteiger partial charge in [0, 0.05) is 17.1 Å². The lowest BCUT2D eigenvalue weighted by atomic mass is 10.2. The van der Waals surface area contributed by atoms with Gasteiger partial charge in [0.1, 0.15) is 0 Å². The van der Waals surface area contributed by atoms with Crippen molar-refractivity contribution in [3.8, 4) is 0 Å². The first kappa shape index (κ1) is 10.4. The van der Waals surface area contributed by atoms with Crippen LogP contribution in [0.1, 0.15) is 19.4 Å². The van der Waals surface area contributed by atoms with Crippen LogP contribution in [0.3, 0.4) is 0 Å². The molecule has 1 N–H and O–H groups in total. The third-order valence-corrected chi connectivity index (χ3v) is 1.83. The first-order valence-corrected chi connectivity index (χ1v) is 4.71. The lowest BCUT2D eigenvalue weighted by Gasteiger charge is -1.96. The zero-order valence-electron chi connectivity index (χ0n) is 8.66. The molecule has 0 aliphatic heterocycles. The van der Waals surface area contributed by atoms with E-state index in [0.29, 0.717) is 0 Å². The molecular weight excluding hydrogens is 176 g/mol. The van der Waals surface area contributed by atoms with Crippen molar-refractivity contribution in [3.63, 3.8) is 0 Å². The van der Waals surface area contributed by atoms with Gasteiger partial charge in [-0.1, -0.05) is 13.8 Å². The molecule has 0 atom stereocenters. The number of hydrogen-bond acceptors (Lipinski definition) is 2. The summed E-state index contributed by atoms with van der Waals surface area (Å²) < 4.78 is 0. The van der Waals surface area contributed by atoms with E-state index >= 15 is 0 Å². The van der Waals surface area contributed by atoms with Gasteiger partial charge in [-0.15, -0.1) is 0 Å². The molecule has 0 radical (unpaired) electrons. The molecule has 74 valence electrons. The molecule has 0 saturated carbocycles. The van der Waals surface area contributed by atoms with E-state index in [1.807, 2.05) is 26.0 Å². The van der Waals surface area contributed by atoms with Gasteiger partial charge in [-0.05, 0) is 19.1 Å². The average Bonchev–Trinajstić information content (AvgIpc) is 2.23. The van der Waals surface area contributed by atoms with E-state index in [2.05, 4.69) is 9.97 Å². The standard InChI is InChI=1S/C9H8N2O.C2H6/c1-6-4-7-2-3-10-5-8(7)11-9(6)12;1-2/h2-5H,1H3,(H,11,12);1-2H3. The maximum Gasteiger partial charge on any atom is 0.251 e. The first-order valence-electron chi connectivity index (χ1n) is 4.71. The third-order valence-electron chi connectivity index (χ3n) is 1.83. The Labute approximate surface area is 82.8 Å². The lowest BCUT2D eigenvalue weighted by Crippen LogP contribution is -2.08. The second kappa shape index (κ2) is 4.56. The molecule has 2 heterocycles. The zero-order chi connectivity index (χ0) is 10.6. The highest BCUT2D eigenvalue weighted by Crippen LogP contribution is 2.07. The Morgan fingerprint density at radius 3 is 2.79 bits per heavy atom. The Kier molecular flexibility index (Phi) is 3.40. The van der Waals surface area contributed by atoms with Crippen LogP contribution < -0.4 is 5.56 Å². The van der Waals surface area contributed by atoms with Crippen LogP contribution in [0.5, 0.6) is 0 Å². The summed E-state index contributed by atoms with van der Waals surface area (Å²) >= 11 is 0. The molecule has 0 amide bonds. The van der Waals surface area contributed by atoms with Crippen LogP contribution in [0, 0.1) is 6.92 Å². The monoisotopic (exact) mass is 190 g/mol. The number of nitrogens with one attached hydrogen (secondary N) is 1. The van der Waals surface area contributed by atoms with Crippen molar-refractivity contribution in [1.29, 1.82) is 0 Å². The minimum absolute atomic E-state index is 0.0458. The molecule has 0 aliphatic rings. The summed E-state index contributed by atoms with van der Waals surface area (Å²) in [6.07, 6.45) is 3.36. The van der Waals surface area contributed by atoms with Crippen molar-refractivity contribution in [2.45, 2.75) is 20.8 Å². The summed E-state index contributed by atoms with van der Waals surface area (Å²) in [6.45, 7) is 5.79. The maximum atomic E-state index is 11.1. The van der Waals surface area contributed by atoms with Crippen molar-refractivity contribution < 1.29 is 0 Å². The van der Waals surface area contributed by atoms with Crippen molar-refractivity contribution in [2.75, 3.05) is 0 Å². The van der Waals surface area contributed by atoms with Gasteiger partial charge >= 0.3 is 0 Å². The van der Waals surface area contributed by atoms with Gasteiger partial charge in [0.05, 0.1) is 11.7 Å². The number of pyridine rings is 2. The maximum absolute atomic E-state index is 11.1. The molecular formula is C11H14N2O. The molecule has 0 spiro atoms. The van der Waals surface area contributed by atoms with Gasteiger partial charge in [-0.2, -0.15) is 0 Å². The molecule has 0 fully saturated rings. The number of aromatic amines is 1. The molecule has 2 rings (SSSR count). The smallest absolute Gasteiger partial charge is 0.251 e. The SMILES string of the molecule is CC.Cc1cc2ccncc2[nH]c1=O. The van der Waals surface area contributed by atoms with Crippen LogP contribution in [-0.4, -0.2) is 9.97 Å². The summed E-state index contributed by atoms with van der Waals surface area (Å²) in [5.41, 5.74) is 1.47. The molecule has 14 heavy (non-hydrogen) atoms. The Morgan fingerprint density at radius 2 is 2.07 bits per heavy atom. The Bertz CT molecular complexity index is 474. The molecule has 0 aromatic carbocycles. The topological polar surface area (TPSA) is 45.8 Å². The second-order valence-electron chi connectivity index (χ2n) is 2.74.